The molecule has 4 heterocycles. The highest BCUT2D eigenvalue weighted by Gasteiger charge is 2.23. The Kier molecular flexibility index (Phi) is 3.03. The summed E-state index contributed by atoms with van der Waals surface area (Å²) in [7, 11) is 0. The molecule has 34 heavy (non-hydrogen) atoms. The van der Waals surface area contributed by atoms with Gasteiger partial charge in [-0.3, -0.25) is 9.59 Å². The number of nitrogens with zero attached hydrogens (tertiary/aromatic N) is 6. The lowest BCUT2D eigenvalue weighted by atomic mass is 10.2. The number of benzene rings is 4. The third kappa shape index (κ3) is 1.87. The highest BCUT2D eigenvalue weighted by molar-refractivity contribution is 5.88. The fourth-order valence-electron chi connectivity index (χ4n) is 5.28. The summed E-state index contributed by atoms with van der Waals surface area (Å²) in [4.78, 5) is 31.0. The number of hydrogen-bond donors (Lipinski definition) is 0. The second-order valence-corrected chi connectivity index (χ2v) is 8.40. The number of para-hydroxylation sites is 6. The molecule has 0 atom stereocenters. The van der Waals surface area contributed by atoms with Crippen LogP contribution in [-0.4, -0.2) is 27.9 Å². The molecular formula is C26H16N6O2. The standard InChI is InChI=1S/C26H16N6O2/c33-25-17-9-1-3-11-19(17)27-21-13-5-7-15-23(21)29(31(25)27)30-24-16-8-6-14-22(24)28-20-12-4-2-10-18(20)26(34)32(28)30/h1-16H. The van der Waals surface area contributed by atoms with Crippen molar-refractivity contribution < 1.29 is 0 Å². The second kappa shape index (κ2) is 5.87. The summed E-state index contributed by atoms with van der Waals surface area (Å²) in [5.74, 6) is 0. The van der Waals surface area contributed by atoms with Crippen LogP contribution in [0.15, 0.2) is 107 Å². The number of fused-ring (bicyclic) bond motifs is 10. The molecule has 0 spiro atoms. The topological polar surface area (TPSA) is 61.6 Å². The molecule has 8 rings (SSSR count). The fourth-order valence-corrected chi connectivity index (χ4v) is 5.28. The Bertz CT molecular complexity index is 2070. The summed E-state index contributed by atoms with van der Waals surface area (Å²) in [6.45, 7) is 0. The quantitative estimate of drug-likeness (QED) is 0.388. The SMILES string of the molecule is O=c1c2ccccc2n2c3ccccc3n(-n3c4ccccc4n4c5ccccc5c(=O)n34)n12. The molecular weight excluding hydrogens is 428 g/mol. The van der Waals surface area contributed by atoms with E-state index in [0.717, 1.165) is 33.1 Å². The van der Waals surface area contributed by atoms with Crippen molar-refractivity contribution in [3.05, 3.63) is 118 Å². The minimum atomic E-state index is -0.160. The Labute approximate surface area is 189 Å². The zero-order chi connectivity index (χ0) is 22.6. The Hall–Kier alpha value is -4.98. The van der Waals surface area contributed by atoms with E-state index in [9.17, 15) is 9.59 Å². The monoisotopic (exact) mass is 444 g/mol. The Balaban J connectivity index is 1.74. The first-order valence-electron chi connectivity index (χ1n) is 11.0. The van der Waals surface area contributed by atoms with Gasteiger partial charge >= 0.3 is 0 Å². The van der Waals surface area contributed by atoms with E-state index in [2.05, 4.69) is 0 Å². The summed E-state index contributed by atoms with van der Waals surface area (Å²) >= 11 is 0. The lowest BCUT2D eigenvalue weighted by Crippen LogP contribution is -2.30. The van der Waals surface area contributed by atoms with Crippen molar-refractivity contribution >= 4 is 43.9 Å². The summed E-state index contributed by atoms with van der Waals surface area (Å²) < 4.78 is 7.02. The van der Waals surface area contributed by atoms with Gasteiger partial charge in [0.25, 0.3) is 11.1 Å². The maximum absolute atomic E-state index is 13.7. The van der Waals surface area contributed by atoms with Gasteiger partial charge in [-0.05, 0) is 48.5 Å². The molecule has 0 unspecified atom stereocenters. The van der Waals surface area contributed by atoms with E-state index >= 15 is 0 Å². The van der Waals surface area contributed by atoms with E-state index in [1.807, 2.05) is 106 Å². The van der Waals surface area contributed by atoms with Gasteiger partial charge in [0.05, 0.1) is 32.8 Å². The zero-order valence-electron chi connectivity index (χ0n) is 17.7. The van der Waals surface area contributed by atoms with Crippen molar-refractivity contribution in [1.29, 1.82) is 0 Å². The number of aromatic nitrogens is 6. The lowest BCUT2D eigenvalue weighted by Gasteiger charge is -2.09. The molecule has 0 radical (unpaired) electrons. The highest BCUT2D eigenvalue weighted by atomic mass is 16.2. The van der Waals surface area contributed by atoms with Gasteiger partial charge in [-0.25, -0.2) is 9.03 Å². The largest absolute Gasteiger partial charge is 0.296 e. The van der Waals surface area contributed by atoms with Gasteiger partial charge in [-0.2, -0.15) is 0 Å². The van der Waals surface area contributed by atoms with Crippen molar-refractivity contribution in [2.24, 2.45) is 0 Å². The molecule has 0 aliphatic carbocycles. The molecule has 4 aromatic heterocycles. The van der Waals surface area contributed by atoms with Crippen LogP contribution in [-0.2, 0) is 0 Å². The Morgan fingerprint density at radius 2 is 0.706 bits per heavy atom. The maximum Gasteiger partial charge on any atom is 0.296 e. The first kappa shape index (κ1) is 17.6. The van der Waals surface area contributed by atoms with Crippen LogP contribution < -0.4 is 11.1 Å². The van der Waals surface area contributed by atoms with Gasteiger partial charge in [0.1, 0.15) is 11.0 Å². The molecule has 8 heteroatoms. The van der Waals surface area contributed by atoms with E-state index in [4.69, 9.17) is 0 Å². The van der Waals surface area contributed by atoms with Crippen molar-refractivity contribution in [3.8, 4) is 0 Å². The Morgan fingerprint density at radius 3 is 1.12 bits per heavy atom. The molecule has 0 N–H and O–H groups in total. The van der Waals surface area contributed by atoms with E-state index in [-0.39, 0.29) is 11.1 Å². The minimum absolute atomic E-state index is 0.160. The van der Waals surface area contributed by atoms with E-state index in [0.29, 0.717) is 10.8 Å². The van der Waals surface area contributed by atoms with Gasteiger partial charge in [0.15, 0.2) is 0 Å². The van der Waals surface area contributed by atoms with Gasteiger partial charge in [0, 0.05) is 0 Å². The van der Waals surface area contributed by atoms with Gasteiger partial charge in [0.2, 0.25) is 0 Å². The van der Waals surface area contributed by atoms with Gasteiger partial charge < -0.3 is 0 Å². The molecule has 8 nitrogen and oxygen atoms in total. The molecule has 0 fully saturated rings. The number of hydrogen-bond acceptors (Lipinski definition) is 2. The molecule has 8 aromatic rings. The smallest absolute Gasteiger partial charge is 0.265 e. The van der Waals surface area contributed by atoms with Crippen LogP contribution in [0.5, 0.6) is 0 Å². The van der Waals surface area contributed by atoms with Crippen LogP contribution in [0.2, 0.25) is 0 Å². The lowest BCUT2D eigenvalue weighted by molar-refractivity contribution is 0.413. The molecule has 162 valence electrons. The van der Waals surface area contributed by atoms with Gasteiger partial charge in [-0.15, -0.1) is 18.8 Å². The van der Waals surface area contributed by atoms with Crippen LogP contribution in [0.3, 0.4) is 0 Å². The zero-order valence-corrected chi connectivity index (χ0v) is 17.7. The normalized spacial score (nSPS) is 12.4. The summed E-state index contributed by atoms with van der Waals surface area (Å²) in [6, 6.07) is 30.8. The van der Waals surface area contributed by atoms with E-state index < -0.39 is 0 Å². The highest BCUT2D eigenvalue weighted by Crippen LogP contribution is 2.24. The average molecular weight is 444 g/mol. The second-order valence-electron chi connectivity index (χ2n) is 8.40. The van der Waals surface area contributed by atoms with E-state index in [1.165, 1.54) is 0 Å². The molecule has 0 bridgehead atoms. The molecule has 0 amide bonds. The fraction of sp³-hybridized carbons (Fsp3) is 0. The maximum atomic E-state index is 13.7. The molecule has 0 aliphatic rings. The molecule has 0 saturated heterocycles. The molecule has 4 aromatic carbocycles. The van der Waals surface area contributed by atoms with Crippen molar-refractivity contribution in [3.63, 3.8) is 0 Å². The molecule has 0 aliphatic heterocycles. The summed E-state index contributed by atoms with van der Waals surface area (Å²) in [5, 5.41) is 1.23. The summed E-state index contributed by atoms with van der Waals surface area (Å²) in [5.41, 5.74) is 4.61. The third-order valence-corrected chi connectivity index (χ3v) is 6.66. The van der Waals surface area contributed by atoms with Crippen molar-refractivity contribution in [1.82, 2.24) is 27.9 Å². The Morgan fingerprint density at radius 1 is 0.382 bits per heavy atom. The van der Waals surface area contributed by atoms with E-state index in [1.54, 1.807) is 18.8 Å². The van der Waals surface area contributed by atoms with Crippen LogP contribution in [0.4, 0.5) is 0 Å². The van der Waals surface area contributed by atoms with Crippen LogP contribution in [0.1, 0.15) is 0 Å². The minimum Gasteiger partial charge on any atom is -0.265 e. The number of rotatable bonds is 1. The predicted molar refractivity (Wildman–Crippen MR) is 131 cm³/mol. The first-order valence-corrected chi connectivity index (χ1v) is 11.0. The van der Waals surface area contributed by atoms with Crippen molar-refractivity contribution in [2.75, 3.05) is 0 Å². The predicted octanol–water partition coefficient (Wildman–Crippen LogP) is 3.64. The van der Waals surface area contributed by atoms with Gasteiger partial charge in [-0.1, -0.05) is 48.5 Å². The third-order valence-electron chi connectivity index (χ3n) is 6.66. The summed E-state index contributed by atoms with van der Waals surface area (Å²) in [6.07, 6.45) is 0. The van der Waals surface area contributed by atoms with Crippen molar-refractivity contribution in [2.45, 2.75) is 0 Å². The molecule has 0 saturated carbocycles. The van der Waals surface area contributed by atoms with Crippen LogP contribution >= 0.6 is 0 Å². The van der Waals surface area contributed by atoms with Crippen LogP contribution in [0, 0.1) is 0 Å². The van der Waals surface area contributed by atoms with Crippen LogP contribution in [0.25, 0.3) is 43.9 Å². The first-order chi connectivity index (χ1) is 16.8. The average Bonchev–Trinajstić information content (AvgIpc) is 3.57.